The molecular weight excluding hydrogens is 424 g/mol. The first-order valence-electron chi connectivity index (χ1n) is 10.6. The van der Waals surface area contributed by atoms with Crippen molar-refractivity contribution >= 4 is 29.7 Å². The molecule has 0 aliphatic rings. The van der Waals surface area contributed by atoms with Crippen LogP contribution in [0.25, 0.3) is 0 Å². The van der Waals surface area contributed by atoms with E-state index < -0.39 is 60.4 Å². The van der Waals surface area contributed by atoms with Gasteiger partial charge in [-0.25, -0.2) is 4.79 Å². The van der Waals surface area contributed by atoms with Gasteiger partial charge in [-0.3, -0.25) is 19.2 Å². The van der Waals surface area contributed by atoms with Crippen LogP contribution < -0.4 is 21.7 Å². The largest absolute Gasteiger partial charge is 0.481 e. The minimum absolute atomic E-state index is 0.0375. The lowest BCUT2D eigenvalue weighted by Crippen LogP contribution is -2.58. The second-order valence-corrected chi connectivity index (χ2v) is 8.18. The number of aliphatic carboxylic acids is 2. The molecule has 0 spiro atoms. The molecule has 0 fully saturated rings. The highest BCUT2D eigenvalue weighted by atomic mass is 16.4. The Morgan fingerprint density at radius 1 is 0.875 bits per heavy atom. The maximum Gasteiger partial charge on any atom is 0.326 e. The molecule has 0 heterocycles. The lowest BCUT2D eigenvalue weighted by molar-refractivity contribution is -0.144. The van der Waals surface area contributed by atoms with E-state index in [1.54, 1.807) is 27.7 Å². The first-order valence-corrected chi connectivity index (χ1v) is 10.6. The highest BCUT2D eigenvalue weighted by molar-refractivity contribution is 5.94. The van der Waals surface area contributed by atoms with Crippen molar-refractivity contribution in [3.63, 3.8) is 0 Å². The monoisotopic (exact) mass is 460 g/mol. The molecule has 32 heavy (non-hydrogen) atoms. The van der Waals surface area contributed by atoms with Crippen LogP contribution in [0, 0.1) is 11.8 Å². The smallest absolute Gasteiger partial charge is 0.326 e. The van der Waals surface area contributed by atoms with Crippen LogP contribution in [0.4, 0.5) is 0 Å². The molecule has 184 valence electrons. The SMILES string of the molecule is CCC(C)C(NC(=O)C(CO)NC(=O)C(CC(C)C)NC(=O)C(N)CCC(=O)O)C(=O)O. The fraction of sp³-hybridized carbons (Fsp3) is 0.750. The van der Waals surface area contributed by atoms with Crippen molar-refractivity contribution in [1.29, 1.82) is 0 Å². The van der Waals surface area contributed by atoms with Gasteiger partial charge in [0.15, 0.2) is 0 Å². The molecule has 5 atom stereocenters. The standard InChI is InChI=1S/C20H36N4O8/c1-5-11(4)16(20(31)32)24-19(30)14(9-25)23-18(29)13(8-10(2)3)22-17(28)12(21)6-7-15(26)27/h10-14,16,25H,5-9,21H2,1-4H3,(H,22,28)(H,23,29)(H,24,30)(H,26,27)(H,31,32). The Bertz CT molecular complexity index is 670. The zero-order valence-electron chi connectivity index (χ0n) is 19.0. The van der Waals surface area contributed by atoms with Crippen molar-refractivity contribution in [2.24, 2.45) is 17.6 Å². The average Bonchev–Trinajstić information content (AvgIpc) is 2.71. The van der Waals surface area contributed by atoms with Crippen LogP contribution in [-0.2, 0) is 24.0 Å². The molecule has 0 saturated carbocycles. The number of aliphatic hydroxyl groups is 1. The van der Waals surface area contributed by atoms with Gasteiger partial charge in [0.05, 0.1) is 12.6 Å². The van der Waals surface area contributed by atoms with Gasteiger partial charge in [-0.15, -0.1) is 0 Å². The normalized spacial score (nSPS) is 15.7. The first-order chi connectivity index (χ1) is 14.8. The van der Waals surface area contributed by atoms with E-state index in [9.17, 15) is 34.2 Å². The van der Waals surface area contributed by atoms with E-state index in [1.807, 2.05) is 0 Å². The molecular formula is C20H36N4O8. The Morgan fingerprint density at radius 2 is 1.41 bits per heavy atom. The quantitative estimate of drug-likeness (QED) is 0.156. The molecule has 0 aliphatic carbocycles. The summed E-state index contributed by atoms with van der Waals surface area (Å²) in [4.78, 5) is 59.5. The summed E-state index contributed by atoms with van der Waals surface area (Å²) in [6.07, 6.45) is 0.236. The summed E-state index contributed by atoms with van der Waals surface area (Å²) in [5, 5.41) is 34.7. The van der Waals surface area contributed by atoms with Crippen LogP contribution in [-0.4, -0.2) is 75.8 Å². The van der Waals surface area contributed by atoms with E-state index >= 15 is 0 Å². The lowest BCUT2D eigenvalue weighted by Gasteiger charge is -2.26. The number of carbonyl (C=O) groups excluding carboxylic acids is 3. The third kappa shape index (κ3) is 10.5. The molecule has 0 aromatic carbocycles. The van der Waals surface area contributed by atoms with Crippen molar-refractivity contribution in [3.8, 4) is 0 Å². The van der Waals surface area contributed by atoms with Crippen LogP contribution in [0.3, 0.4) is 0 Å². The number of rotatable bonds is 15. The van der Waals surface area contributed by atoms with E-state index in [0.717, 1.165) is 0 Å². The third-order valence-electron chi connectivity index (χ3n) is 4.94. The molecule has 5 unspecified atom stereocenters. The maximum atomic E-state index is 12.7. The summed E-state index contributed by atoms with van der Waals surface area (Å²) >= 11 is 0. The van der Waals surface area contributed by atoms with E-state index in [0.29, 0.717) is 6.42 Å². The summed E-state index contributed by atoms with van der Waals surface area (Å²) in [6.45, 7) is 6.23. The van der Waals surface area contributed by atoms with Crippen LogP contribution in [0.2, 0.25) is 0 Å². The van der Waals surface area contributed by atoms with Gasteiger partial charge in [0, 0.05) is 6.42 Å². The molecule has 0 aliphatic heterocycles. The van der Waals surface area contributed by atoms with Crippen LogP contribution in [0.15, 0.2) is 0 Å². The molecule has 12 nitrogen and oxygen atoms in total. The Hall–Kier alpha value is -2.73. The van der Waals surface area contributed by atoms with E-state index in [2.05, 4.69) is 16.0 Å². The number of carbonyl (C=O) groups is 5. The predicted octanol–water partition coefficient (Wildman–Crippen LogP) is -1.20. The molecule has 3 amide bonds. The summed E-state index contributed by atoms with van der Waals surface area (Å²) in [5.41, 5.74) is 5.68. The molecule has 0 saturated heterocycles. The third-order valence-corrected chi connectivity index (χ3v) is 4.94. The van der Waals surface area contributed by atoms with Crippen LogP contribution in [0.5, 0.6) is 0 Å². The minimum atomic E-state index is -1.43. The highest BCUT2D eigenvalue weighted by Crippen LogP contribution is 2.09. The zero-order chi connectivity index (χ0) is 25.0. The first kappa shape index (κ1) is 29.3. The average molecular weight is 461 g/mol. The Kier molecular flexibility index (Phi) is 13.1. The fourth-order valence-corrected chi connectivity index (χ4v) is 2.80. The fourth-order valence-electron chi connectivity index (χ4n) is 2.80. The van der Waals surface area contributed by atoms with Crippen LogP contribution >= 0.6 is 0 Å². The van der Waals surface area contributed by atoms with Crippen molar-refractivity contribution in [3.05, 3.63) is 0 Å². The van der Waals surface area contributed by atoms with E-state index in [1.165, 1.54) is 0 Å². The molecule has 0 bridgehead atoms. The molecule has 0 aromatic heterocycles. The Balaban J connectivity index is 5.26. The number of aliphatic hydroxyl groups excluding tert-OH is 1. The molecule has 0 rings (SSSR count). The van der Waals surface area contributed by atoms with Crippen molar-refractivity contribution in [2.75, 3.05) is 6.61 Å². The van der Waals surface area contributed by atoms with Gasteiger partial charge in [0.2, 0.25) is 17.7 Å². The summed E-state index contributed by atoms with van der Waals surface area (Å²) < 4.78 is 0. The second-order valence-electron chi connectivity index (χ2n) is 8.18. The van der Waals surface area contributed by atoms with Crippen molar-refractivity contribution in [1.82, 2.24) is 16.0 Å². The number of carboxylic acid groups (broad SMARTS) is 2. The maximum absolute atomic E-state index is 12.7. The van der Waals surface area contributed by atoms with Gasteiger partial charge in [-0.2, -0.15) is 0 Å². The van der Waals surface area contributed by atoms with Gasteiger partial charge in [0.1, 0.15) is 18.1 Å². The molecule has 12 heteroatoms. The van der Waals surface area contributed by atoms with Crippen molar-refractivity contribution < 1.29 is 39.3 Å². The van der Waals surface area contributed by atoms with Gasteiger partial charge < -0.3 is 37.0 Å². The minimum Gasteiger partial charge on any atom is -0.481 e. The summed E-state index contributed by atoms with van der Waals surface area (Å²) in [7, 11) is 0. The summed E-state index contributed by atoms with van der Waals surface area (Å²) in [5.74, 6) is -5.13. The molecule has 0 radical (unpaired) electrons. The number of hydrogen-bond acceptors (Lipinski definition) is 7. The Labute approximate surface area is 187 Å². The van der Waals surface area contributed by atoms with Crippen molar-refractivity contribution in [2.45, 2.75) is 77.5 Å². The van der Waals surface area contributed by atoms with Gasteiger partial charge in [0.25, 0.3) is 0 Å². The zero-order valence-corrected chi connectivity index (χ0v) is 19.0. The topological polar surface area (TPSA) is 208 Å². The van der Waals surface area contributed by atoms with E-state index in [4.69, 9.17) is 10.8 Å². The van der Waals surface area contributed by atoms with Gasteiger partial charge in [-0.05, 0) is 24.7 Å². The molecule has 8 N–H and O–H groups in total. The summed E-state index contributed by atoms with van der Waals surface area (Å²) in [6, 6.07) is -4.86. The number of amides is 3. The molecule has 0 aromatic rings. The van der Waals surface area contributed by atoms with Gasteiger partial charge >= 0.3 is 11.9 Å². The number of carboxylic acids is 2. The lowest BCUT2D eigenvalue weighted by atomic mass is 9.99. The van der Waals surface area contributed by atoms with Gasteiger partial charge in [-0.1, -0.05) is 34.1 Å². The Morgan fingerprint density at radius 3 is 1.84 bits per heavy atom. The highest BCUT2D eigenvalue weighted by Gasteiger charge is 2.31. The number of nitrogens with one attached hydrogen (secondary N) is 3. The second kappa shape index (κ2) is 14.4. The predicted molar refractivity (Wildman–Crippen MR) is 114 cm³/mol. The number of nitrogens with two attached hydrogens (primary N) is 1. The van der Waals surface area contributed by atoms with Crippen LogP contribution in [0.1, 0.15) is 53.4 Å². The number of hydrogen-bond donors (Lipinski definition) is 7. The van der Waals surface area contributed by atoms with E-state index in [-0.39, 0.29) is 31.1 Å².